The number of carbonyl (C=O) groups excluding carboxylic acids is 1. The molecule has 2 N–H and O–H groups in total. The van der Waals surface area contributed by atoms with Crippen LogP contribution in [-0.2, 0) is 17.7 Å². The van der Waals surface area contributed by atoms with Crippen molar-refractivity contribution in [3.8, 4) is 5.75 Å². The number of fused-ring (bicyclic) bond motifs is 1. The Morgan fingerprint density at radius 1 is 1.06 bits per heavy atom. The van der Waals surface area contributed by atoms with Gasteiger partial charge in [-0.15, -0.1) is 0 Å². The van der Waals surface area contributed by atoms with Crippen LogP contribution in [0, 0.1) is 0 Å². The Bertz CT molecular complexity index is 941. The van der Waals surface area contributed by atoms with Gasteiger partial charge in [0.2, 0.25) is 0 Å². The van der Waals surface area contributed by atoms with Crippen LogP contribution in [0.25, 0.3) is 0 Å². The summed E-state index contributed by atoms with van der Waals surface area (Å²) in [6.07, 6.45) is 1.69. The summed E-state index contributed by atoms with van der Waals surface area (Å²) in [7, 11) is 0. The third-order valence-electron chi connectivity index (χ3n) is 5.81. The molecule has 0 aliphatic carbocycles. The zero-order valence-corrected chi connectivity index (χ0v) is 18.1. The highest BCUT2D eigenvalue weighted by Crippen LogP contribution is 2.28. The number of carboxylic acids is 1. The van der Waals surface area contributed by atoms with E-state index in [2.05, 4.69) is 10.2 Å². The van der Waals surface area contributed by atoms with Crippen LogP contribution >= 0.6 is 0 Å². The standard InChI is InChI=1S/C24H29N3O5/c28-23(29)19-4-2-18(3-5-19)17-27(10-1-9-26-11-14-31-15-12-26)24(30)25-21-6-7-22-20(16-21)8-13-32-22/h2-7,16H,1,8-15,17H2,(H,25,30)(H,28,29). The van der Waals surface area contributed by atoms with Crippen molar-refractivity contribution >= 4 is 17.7 Å². The topological polar surface area (TPSA) is 91.3 Å². The maximum atomic E-state index is 13.1. The summed E-state index contributed by atoms with van der Waals surface area (Å²) in [5.41, 5.74) is 2.97. The van der Waals surface area contributed by atoms with Gasteiger partial charge in [0.25, 0.3) is 0 Å². The van der Waals surface area contributed by atoms with Crippen molar-refractivity contribution in [1.29, 1.82) is 0 Å². The lowest BCUT2D eigenvalue weighted by Gasteiger charge is -2.28. The summed E-state index contributed by atoms with van der Waals surface area (Å²) in [6, 6.07) is 12.2. The minimum atomic E-state index is -0.961. The summed E-state index contributed by atoms with van der Waals surface area (Å²) in [5, 5.41) is 12.1. The van der Waals surface area contributed by atoms with Gasteiger partial charge in [0.15, 0.2) is 0 Å². The molecule has 0 saturated carbocycles. The monoisotopic (exact) mass is 439 g/mol. The van der Waals surface area contributed by atoms with Crippen LogP contribution in [0.15, 0.2) is 42.5 Å². The molecular weight excluding hydrogens is 410 g/mol. The lowest BCUT2D eigenvalue weighted by Crippen LogP contribution is -2.40. The van der Waals surface area contributed by atoms with Crippen LogP contribution in [0.5, 0.6) is 5.75 Å². The van der Waals surface area contributed by atoms with E-state index in [1.165, 1.54) is 0 Å². The zero-order chi connectivity index (χ0) is 22.3. The van der Waals surface area contributed by atoms with Crippen molar-refractivity contribution in [2.24, 2.45) is 0 Å². The number of morpholine rings is 1. The van der Waals surface area contributed by atoms with Crippen molar-refractivity contribution in [2.45, 2.75) is 19.4 Å². The molecule has 0 bridgehead atoms. The molecule has 2 heterocycles. The first-order valence-corrected chi connectivity index (χ1v) is 11.0. The molecule has 32 heavy (non-hydrogen) atoms. The number of rotatable bonds is 8. The number of nitrogens with zero attached hydrogens (tertiary/aromatic N) is 2. The Hall–Kier alpha value is -3.10. The van der Waals surface area contributed by atoms with Crippen LogP contribution in [0.3, 0.4) is 0 Å². The summed E-state index contributed by atoms with van der Waals surface area (Å²) in [4.78, 5) is 28.4. The van der Waals surface area contributed by atoms with Crippen molar-refractivity contribution in [3.05, 3.63) is 59.2 Å². The number of ether oxygens (including phenoxy) is 2. The number of benzene rings is 2. The van der Waals surface area contributed by atoms with Gasteiger partial charge in [-0.1, -0.05) is 12.1 Å². The number of anilines is 1. The van der Waals surface area contributed by atoms with Crippen LogP contribution in [0.1, 0.15) is 27.9 Å². The fourth-order valence-corrected chi connectivity index (χ4v) is 4.00. The zero-order valence-electron chi connectivity index (χ0n) is 18.1. The summed E-state index contributed by atoms with van der Waals surface area (Å²) >= 11 is 0. The highest BCUT2D eigenvalue weighted by Gasteiger charge is 2.18. The van der Waals surface area contributed by atoms with E-state index < -0.39 is 5.97 Å². The molecule has 2 aromatic rings. The van der Waals surface area contributed by atoms with Crippen molar-refractivity contribution in [2.75, 3.05) is 51.3 Å². The van der Waals surface area contributed by atoms with Gasteiger partial charge in [0.1, 0.15) is 5.75 Å². The number of nitrogens with one attached hydrogen (secondary N) is 1. The van der Waals surface area contributed by atoms with Gasteiger partial charge in [-0.3, -0.25) is 4.90 Å². The van der Waals surface area contributed by atoms with Gasteiger partial charge < -0.3 is 24.8 Å². The number of carboxylic acid groups (broad SMARTS) is 1. The second-order valence-corrected chi connectivity index (χ2v) is 8.08. The van der Waals surface area contributed by atoms with Gasteiger partial charge >= 0.3 is 12.0 Å². The van der Waals surface area contributed by atoms with Crippen LogP contribution in [-0.4, -0.2) is 72.9 Å². The average Bonchev–Trinajstić information content (AvgIpc) is 3.27. The quantitative estimate of drug-likeness (QED) is 0.657. The first kappa shape index (κ1) is 22.1. The van der Waals surface area contributed by atoms with E-state index in [4.69, 9.17) is 14.6 Å². The number of amides is 2. The van der Waals surface area contributed by atoms with E-state index >= 15 is 0 Å². The van der Waals surface area contributed by atoms with Crippen LogP contribution in [0.2, 0.25) is 0 Å². The molecule has 0 aromatic heterocycles. The third kappa shape index (κ3) is 5.77. The predicted molar refractivity (Wildman–Crippen MR) is 120 cm³/mol. The Balaban J connectivity index is 1.41. The van der Waals surface area contributed by atoms with E-state index in [1.54, 1.807) is 29.2 Å². The minimum absolute atomic E-state index is 0.173. The number of aromatic carboxylic acids is 1. The highest BCUT2D eigenvalue weighted by molar-refractivity contribution is 5.90. The Morgan fingerprint density at radius 3 is 2.59 bits per heavy atom. The molecule has 1 saturated heterocycles. The van der Waals surface area contributed by atoms with Crippen molar-refractivity contribution in [3.63, 3.8) is 0 Å². The van der Waals surface area contributed by atoms with E-state index in [1.807, 2.05) is 18.2 Å². The van der Waals surface area contributed by atoms with Crippen molar-refractivity contribution < 1.29 is 24.2 Å². The summed E-state index contributed by atoms with van der Waals surface area (Å²) in [5.74, 6) is -0.0823. The van der Waals surface area contributed by atoms with Gasteiger partial charge in [-0.25, -0.2) is 9.59 Å². The maximum Gasteiger partial charge on any atom is 0.335 e. The van der Waals surface area contributed by atoms with E-state index in [-0.39, 0.29) is 11.6 Å². The normalized spacial score (nSPS) is 15.6. The number of carbonyl (C=O) groups is 2. The number of urea groups is 1. The van der Waals surface area contributed by atoms with E-state index in [0.717, 1.165) is 68.3 Å². The van der Waals surface area contributed by atoms with Crippen LogP contribution < -0.4 is 10.1 Å². The first-order valence-electron chi connectivity index (χ1n) is 11.0. The number of hydrogen-bond donors (Lipinski definition) is 2. The van der Waals surface area contributed by atoms with Crippen molar-refractivity contribution in [1.82, 2.24) is 9.80 Å². The molecule has 0 spiro atoms. The fraction of sp³-hybridized carbons (Fsp3) is 0.417. The first-order chi connectivity index (χ1) is 15.6. The third-order valence-corrected chi connectivity index (χ3v) is 5.81. The highest BCUT2D eigenvalue weighted by atomic mass is 16.5. The molecule has 2 aromatic carbocycles. The molecule has 0 atom stereocenters. The molecule has 170 valence electrons. The Morgan fingerprint density at radius 2 is 1.84 bits per heavy atom. The largest absolute Gasteiger partial charge is 0.493 e. The SMILES string of the molecule is O=C(O)c1ccc(CN(CCCN2CCOCC2)C(=O)Nc2ccc3c(c2)CCO3)cc1. The molecular formula is C24H29N3O5. The summed E-state index contributed by atoms with van der Waals surface area (Å²) < 4.78 is 10.9. The minimum Gasteiger partial charge on any atom is -0.493 e. The molecule has 0 unspecified atom stereocenters. The molecule has 2 aliphatic heterocycles. The molecule has 2 amide bonds. The second kappa shape index (κ2) is 10.5. The predicted octanol–water partition coefficient (Wildman–Crippen LogP) is 3.08. The van der Waals surface area contributed by atoms with E-state index in [0.29, 0.717) is 19.7 Å². The molecule has 1 fully saturated rings. The Labute approximate surface area is 187 Å². The molecule has 8 nitrogen and oxygen atoms in total. The molecule has 0 radical (unpaired) electrons. The lowest BCUT2D eigenvalue weighted by molar-refractivity contribution is 0.0365. The van der Waals surface area contributed by atoms with Gasteiger partial charge in [0.05, 0.1) is 25.4 Å². The fourth-order valence-electron chi connectivity index (χ4n) is 4.00. The van der Waals surface area contributed by atoms with E-state index in [9.17, 15) is 9.59 Å². The Kier molecular flexibility index (Phi) is 7.24. The number of hydrogen-bond acceptors (Lipinski definition) is 5. The van der Waals surface area contributed by atoms with Gasteiger partial charge in [0, 0.05) is 44.8 Å². The summed E-state index contributed by atoms with van der Waals surface area (Å²) in [6.45, 7) is 5.92. The average molecular weight is 440 g/mol. The maximum absolute atomic E-state index is 13.1. The van der Waals surface area contributed by atoms with Gasteiger partial charge in [-0.05, 0) is 47.9 Å². The molecule has 4 rings (SSSR count). The molecule has 2 aliphatic rings. The molecule has 8 heteroatoms. The lowest BCUT2D eigenvalue weighted by atomic mass is 10.1. The second-order valence-electron chi connectivity index (χ2n) is 8.08. The van der Waals surface area contributed by atoms with Crippen LogP contribution in [0.4, 0.5) is 10.5 Å². The smallest absolute Gasteiger partial charge is 0.335 e. The van der Waals surface area contributed by atoms with Gasteiger partial charge in [-0.2, -0.15) is 0 Å².